The van der Waals surface area contributed by atoms with E-state index in [9.17, 15) is 4.39 Å². The zero-order chi connectivity index (χ0) is 15.0. The van der Waals surface area contributed by atoms with Gasteiger partial charge >= 0.3 is 0 Å². The van der Waals surface area contributed by atoms with Gasteiger partial charge in [0, 0.05) is 19.1 Å². The van der Waals surface area contributed by atoms with Crippen LogP contribution in [0.25, 0.3) is 0 Å². The Labute approximate surface area is 123 Å². The summed E-state index contributed by atoms with van der Waals surface area (Å²) < 4.78 is 13.2. The lowest BCUT2D eigenvalue weighted by Gasteiger charge is -2.32. The van der Waals surface area contributed by atoms with Crippen LogP contribution >= 0.6 is 0 Å². The van der Waals surface area contributed by atoms with E-state index in [1.165, 1.54) is 25.8 Å². The molecule has 2 rings (SSSR count). The Morgan fingerprint density at radius 3 is 2.65 bits per heavy atom. The van der Waals surface area contributed by atoms with Crippen molar-refractivity contribution in [3.05, 3.63) is 35.1 Å². The molecule has 0 amide bonds. The molecule has 1 saturated heterocycles. The van der Waals surface area contributed by atoms with E-state index in [1.807, 2.05) is 26.8 Å². The summed E-state index contributed by atoms with van der Waals surface area (Å²) in [5.41, 5.74) is 2.02. The normalized spacial score (nSPS) is 19.4. The topological polar surface area (TPSA) is 15.3 Å². The average molecular weight is 280 g/mol. The van der Waals surface area contributed by atoms with Gasteiger partial charge in [-0.15, -0.1) is 0 Å². The number of hydrogen-bond acceptors (Lipinski definition) is 2. The Kier molecular flexibility index (Phi) is 7.78. The van der Waals surface area contributed by atoms with Crippen LogP contribution in [-0.4, -0.2) is 31.1 Å². The maximum atomic E-state index is 13.2. The summed E-state index contributed by atoms with van der Waals surface area (Å²) in [6, 6.07) is 5.86. The highest BCUT2D eigenvalue weighted by Crippen LogP contribution is 2.14. The van der Waals surface area contributed by atoms with Crippen molar-refractivity contribution in [1.82, 2.24) is 10.2 Å². The fourth-order valence-electron chi connectivity index (χ4n) is 2.70. The van der Waals surface area contributed by atoms with Gasteiger partial charge in [-0.3, -0.25) is 0 Å². The van der Waals surface area contributed by atoms with E-state index in [0.717, 1.165) is 24.2 Å². The first-order valence-corrected chi connectivity index (χ1v) is 7.82. The number of benzene rings is 1. The molecule has 0 aromatic heterocycles. The predicted octanol–water partition coefficient (Wildman–Crippen LogP) is 3.73. The average Bonchev–Trinajstić information content (AvgIpc) is 2.42. The number of likely N-dealkylation sites (N-methyl/N-ethyl adjacent to an activating group) is 1. The van der Waals surface area contributed by atoms with Crippen molar-refractivity contribution < 1.29 is 4.39 Å². The zero-order valence-electron chi connectivity index (χ0n) is 13.4. The summed E-state index contributed by atoms with van der Waals surface area (Å²) in [5, 5.41) is 3.45. The van der Waals surface area contributed by atoms with Gasteiger partial charge in [0.25, 0.3) is 0 Å². The molecule has 1 aliphatic heterocycles. The zero-order valence-corrected chi connectivity index (χ0v) is 13.4. The number of hydrogen-bond donors (Lipinski definition) is 1. The van der Waals surface area contributed by atoms with Crippen molar-refractivity contribution in [2.45, 2.75) is 52.6 Å². The molecule has 114 valence electrons. The summed E-state index contributed by atoms with van der Waals surface area (Å²) in [6.45, 7) is 8.88. The van der Waals surface area contributed by atoms with Crippen LogP contribution < -0.4 is 5.32 Å². The van der Waals surface area contributed by atoms with Crippen LogP contribution in [-0.2, 0) is 6.54 Å². The molecule has 1 heterocycles. The van der Waals surface area contributed by atoms with E-state index in [0.29, 0.717) is 6.04 Å². The van der Waals surface area contributed by atoms with E-state index < -0.39 is 0 Å². The molecular weight excluding hydrogens is 251 g/mol. The number of likely N-dealkylation sites (tertiary alicyclic amines) is 1. The fraction of sp³-hybridized carbons (Fsp3) is 0.647. The number of nitrogens with one attached hydrogen (secondary N) is 1. The minimum atomic E-state index is -0.137. The lowest BCUT2D eigenvalue weighted by atomic mass is 10.0. The third-order valence-electron chi connectivity index (χ3n) is 3.73. The quantitative estimate of drug-likeness (QED) is 0.904. The maximum Gasteiger partial charge on any atom is 0.123 e. The van der Waals surface area contributed by atoms with Gasteiger partial charge in [-0.1, -0.05) is 26.3 Å². The number of halogens is 1. The molecule has 1 aromatic carbocycles. The lowest BCUT2D eigenvalue weighted by molar-refractivity contribution is 0.181. The molecule has 0 spiro atoms. The SMILES string of the molecule is CC.Cc1cc(F)cc(CNCC2CCCCN2C)c1. The molecule has 1 fully saturated rings. The molecule has 0 saturated carbocycles. The molecule has 2 nitrogen and oxygen atoms in total. The first kappa shape index (κ1) is 17.1. The van der Waals surface area contributed by atoms with E-state index in [4.69, 9.17) is 0 Å². The second-order valence-corrected chi connectivity index (χ2v) is 5.40. The molecule has 20 heavy (non-hydrogen) atoms. The molecule has 0 radical (unpaired) electrons. The largest absolute Gasteiger partial charge is 0.311 e. The standard InChI is InChI=1S/C15H23FN2.C2H6/c1-12-7-13(9-14(16)8-12)10-17-11-15-5-3-4-6-18(15)2;1-2/h7-9,15,17H,3-6,10-11H2,1-2H3;1-2H3. The summed E-state index contributed by atoms with van der Waals surface area (Å²) >= 11 is 0. The first-order valence-electron chi connectivity index (χ1n) is 7.82. The van der Waals surface area contributed by atoms with Gasteiger partial charge in [-0.05, 0) is 56.6 Å². The van der Waals surface area contributed by atoms with Crippen molar-refractivity contribution in [3.63, 3.8) is 0 Å². The maximum absolute atomic E-state index is 13.2. The van der Waals surface area contributed by atoms with E-state index in [2.05, 4.69) is 17.3 Å². The van der Waals surface area contributed by atoms with Crippen LogP contribution in [0.15, 0.2) is 18.2 Å². The molecule has 0 bridgehead atoms. The summed E-state index contributed by atoms with van der Waals surface area (Å²) in [5.74, 6) is -0.137. The molecule has 1 unspecified atom stereocenters. The molecule has 0 aliphatic carbocycles. The van der Waals surface area contributed by atoms with Gasteiger partial charge in [0.15, 0.2) is 0 Å². The molecule has 3 heteroatoms. The van der Waals surface area contributed by atoms with Crippen LogP contribution in [0.1, 0.15) is 44.2 Å². The molecule has 1 N–H and O–H groups in total. The number of nitrogens with zero attached hydrogens (tertiary/aromatic N) is 1. The van der Waals surface area contributed by atoms with Crippen LogP contribution in [0.4, 0.5) is 4.39 Å². The Morgan fingerprint density at radius 1 is 1.25 bits per heavy atom. The fourth-order valence-corrected chi connectivity index (χ4v) is 2.70. The van der Waals surface area contributed by atoms with Crippen LogP contribution in [0.2, 0.25) is 0 Å². The lowest BCUT2D eigenvalue weighted by Crippen LogP contribution is -2.42. The minimum absolute atomic E-state index is 0.137. The monoisotopic (exact) mass is 280 g/mol. The molecular formula is C17H29FN2. The highest BCUT2D eigenvalue weighted by molar-refractivity contribution is 5.23. The van der Waals surface area contributed by atoms with Gasteiger partial charge in [0.05, 0.1) is 0 Å². The highest BCUT2D eigenvalue weighted by Gasteiger charge is 2.17. The van der Waals surface area contributed by atoms with Crippen molar-refractivity contribution >= 4 is 0 Å². The van der Waals surface area contributed by atoms with Gasteiger partial charge in [0.1, 0.15) is 5.82 Å². The summed E-state index contributed by atoms with van der Waals surface area (Å²) in [6.07, 6.45) is 3.91. The van der Waals surface area contributed by atoms with Crippen LogP contribution in [0, 0.1) is 12.7 Å². The van der Waals surface area contributed by atoms with E-state index in [1.54, 1.807) is 12.1 Å². The van der Waals surface area contributed by atoms with E-state index >= 15 is 0 Å². The molecule has 1 aromatic rings. The predicted molar refractivity (Wildman–Crippen MR) is 84.5 cm³/mol. The highest BCUT2D eigenvalue weighted by atomic mass is 19.1. The Hall–Kier alpha value is -0.930. The van der Waals surface area contributed by atoms with Crippen molar-refractivity contribution in [2.75, 3.05) is 20.1 Å². The first-order chi connectivity index (χ1) is 9.65. The van der Waals surface area contributed by atoms with Gasteiger partial charge in [-0.25, -0.2) is 4.39 Å². The Morgan fingerprint density at radius 2 is 2.00 bits per heavy atom. The van der Waals surface area contributed by atoms with Crippen LogP contribution in [0.3, 0.4) is 0 Å². The van der Waals surface area contributed by atoms with Gasteiger partial charge in [-0.2, -0.15) is 0 Å². The third-order valence-corrected chi connectivity index (χ3v) is 3.73. The number of aryl methyl sites for hydroxylation is 1. The number of piperidine rings is 1. The molecule has 1 atom stereocenters. The third kappa shape index (κ3) is 5.59. The second kappa shape index (κ2) is 9.09. The van der Waals surface area contributed by atoms with E-state index in [-0.39, 0.29) is 5.82 Å². The Bertz CT molecular complexity index is 372. The molecule has 1 aliphatic rings. The minimum Gasteiger partial charge on any atom is -0.311 e. The van der Waals surface area contributed by atoms with Gasteiger partial charge < -0.3 is 10.2 Å². The van der Waals surface area contributed by atoms with Crippen LogP contribution in [0.5, 0.6) is 0 Å². The van der Waals surface area contributed by atoms with Crippen molar-refractivity contribution in [2.24, 2.45) is 0 Å². The summed E-state index contributed by atoms with van der Waals surface area (Å²) in [7, 11) is 2.19. The van der Waals surface area contributed by atoms with Crippen molar-refractivity contribution in [3.8, 4) is 0 Å². The number of rotatable bonds is 4. The summed E-state index contributed by atoms with van der Waals surface area (Å²) in [4.78, 5) is 2.42. The second-order valence-electron chi connectivity index (χ2n) is 5.40. The smallest absolute Gasteiger partial charge is 0.123 e. The van der Waals surface area contributed by atoms with Crippen molar-refractivity contribution in [1.29, 1.82) is 0 Å². The Balaban J connectivity index is 0.000000956. The van der Waals surface area contributed by atoms with Gasteiger partial charge in [0.2, 0.25) is 0 Å².